The molecule has 0 spiro atoms. The van der Waals surface area contributed by atoms with E-state index in [1.54, 1.807) is 41.9 Å². The number of esters is 1. The van der Waals surface area contributed by atoms with Gasteiger partial charge in [-0.2, -0.15) is 0 Å². The molecule has 1 heterocycles. The second-order valence-corrected chi connectivity index (χ2v) is 7.77. The number of thioether (sulfide) groups is 1. The smallest absolute Gasteiger partial charge is 0.339 e. The first-order valence-electron chi connectivity index (χ1n) is 9.72. The summed E-state index contributed by atoms with van der Waals surface area (Å²) in [6.45, 7) is 2.08. The van der Waals surface area contributed by atoms with Gasteiger partial charge in [-0.25, -0.2) is 4.79 Å². The van der Waals surface area contributed by atoms with E-state index in [9.17, 15) is 14.4 Å². The predicted molar refractivity (Wildman–Crippen MR) is 120 cm³/mol. The Morgan fingerprint density at radius 2 is 1.72 bits per heavy atom. The van der Waals surface area contributed by atoms with Crippen molar-refractivity contribution in [3.8, 4) is 0 Å². The van der Waals surface area contributed by atoms with E-state index < -0.39 is 5.97 Å². The Morgan fingerprint density at radius 1 is 1.03 bits per heavy atom. The van der Waals surface area contributed by atoms with Crippen LogP contribution in [0, 0.1) is 6.92 Å². The number of benzene rings is 2. The lowest BCUT2D eigenvalue weighted by atomic mass is 10.1. The van der Waals surface area contributed by atoms with Gasteiger partial charge in [0.1, 0.15) is 0 Å². The molecule has 0 atom stereocenters. The number of rotatable bonds is 8. The van der Waals surface area contributed by atoms with E-state index in [0.717, 1.165) is 5.56 Å². The van der Waals surface area contributed by atoms with Gasteiger partial charge in [-0.3, -0.25) is 9.59 Å². The molecule has 0 saturated carbocycles. The number of methoxy groups -OCH3 is 1. The molecule has 0 aliphatic carbocycles. The fourth-order valence-corrected chi connectivity index (χ4v) is 3.63. The van der Waals surface area contributed by atoms with Crippen LogP contribution < -0.4 is 10.6 Å². The number of hydrogen-bond donors (Lipinski definition) is 2. The zero-order chi connectivity index (χ0) is 23.1. The molecule has 3 aromatic rings. The molecule has 0 aliphatic heterocycles. The van der Waals surface area contributed by atoms with Gasteiger partial charge in [0.25, 0.3) is 5.91 Å². The van der Waals surface area contributed by atoms with Crippen LogP contribution >= 0.6 is 11.8 Å². The Balaban J connectivity index is 1.56. The van der Waals surface area contributed by atoms with Gasteiger partial charge < -0.3 is 19.9 Å². The van der Waals surface area contributed by atoms with Crippen LogP contribution in [0.15, 0.2) is 53.7 Å². The molecule has 166 valence electrons. The standard InChI is InChI=1S/C22H23N5O4S/c1-14-8-4-5-9-15(14)20(29)23-12-18-25-26-22(27(18)2)32-13-19(28)24-17-11-7-6-10-16(17)21(30)31-3/h4-11H,12-13H2,1-3H3,(H,23,29)(H,24,28). The number of carbonyl (C=O) groups is 3. The first-order valence-corrected chi connectivity index (χ1v) is 10.7. The number of nitrogens with one attached hydrogen (secondary N) is 2. The monoisotopic (exact) mass is 453 g/mol. The molecule has 0 unspecified atom stereocenters. The minimum Gasteiger partial charge on any atom is -0.465 e. The summed E-state index contributed by atoms with van der Waals surface area (Å²) in [5.41, 5.74) is 2.15. The summed E-state index contributed by atoms with van der Waals surface area (Å²) < 4.78 is 6.45. The number of aryl methyl sites for hydroxylation is 1. The number of hydrogen-bond acceptors (Lipinski definition) is 7. The minimum absolute atomic E-state index is 0.0665. The van der Waals surface area contributed by atoms with Gasteiger partial charge in [-0.15, -0.1) is 10.2 Å². The summed E-state index contributed by atoms with van der Waals surface area (Å²) >= 11 is 1.20. The first kappa shape index (κ1) is 23.0. The van der Waals surface area contributed by atoms with Crippen molar-refractivity contribution in [1.29, 1.82) is 0 Å². The van der Waals surface area contributed by atoms with Crippen molar-refractivity contribution >= 4 is 35.2 Å². The Morgan fingerprint density at radius 3 is 2.44 bits per heavy atom. The first-order chi connectivity index (χ1) is 15.4. The molecule has 0 radical (unpaired) electrons. The largest absolute Gasteiger partial charge is 0.465 e. The van der Waals surface area contributed by atoms with E-state index in [-0.39, 0.29) is 29.7 Å². The van der Waals surface area contributed by atoms with E-state index >= 15 is 0 Å². The number of aromatic nitrogens is 3. The number of ether oxygens (including phenoxy) is 1. The molecule has 2 amide bonds. The second kappa shape index (κ2) is 10.6. The molecular weight excluding hydrogens is 430 g/mol. The number of anilines is 1. The van der Waals surface area contributed by atoms with E-state index in [1.807, 2.05) is 25.1 Å². The zero-order valence-electron chi connectivity index (χ0n) is 17.9. The number of nitrogens with zero attached hydrogens (tertiary/aromatic N) is 3. The predicted octanol–water partition coefficient (Wildman–Crippen LogP) is 2.57. The minimum atomic E-state index is -0.528. The molecule has 2 N–H and O–H groups in total. The van der Waals surface area contributed by atoms with Gasteiger partial charge in [0.2, 0.25) is 5.91 Å². The number of carbonyl (C=O) groups excluding carboxylic acids is 3. The van der Waals surface area contributed by atoms with Crippen molar-refractivity contribution in [1.82, 2.24) is 20.1 Å². The molecule has 3 rings (SSSR count). The molecular formula is C22H23N5O4S. The summed E-state index contributed by atoms with van der Waals surface area (Å²) in [6, 6.07) is 13.9. The third kappa shape index (κ3) is 5.52. The third-order valence-corrected chi connectivity index (χ3v) is 5.68. The SMILES string of the molecule is COC(=O)c1ccccc1NC(=O)CSc1nnc(CNC(=O)c2ccccc2C)n1C. The molecule has 0 aliphatic rings. The van der Waals surface area contributed by atoms with Gasteiger partial charge in [0.15, 0.2) is 11.0 Å². The van der Waals surface area contributed by atoms with Gasteiger partial charge >= 0.3 is 5.97 Å². The molecule has 0 fully saturated rings. The normalized spacial score (nSPS) is 10.5. The van der Waals surface area contributed by atoms with Crippen molar-refractivity contribution in [3.63, 3.8) is 0 Å². The molecule has 32 heavy (non-hydrogen) atoms. The molecule has 10 heteroatoms. The molecule has 0 saturated heterocycles. The van der Waals surface area contributed by atoms with Crippen molar-refractivity contribution in [2.45, 2.75) is 18.6 Å². The molecule has 2 aromatic carbocycles. The van der Waals surface area contributed by atoms with Crippen LogP contribution in [-0.4, -0.2) is 45.4 Å². The van der Waals surface area contributed by atoms with Crippen molar-refractivity contribution in [2.24, 2.45) is 7.05 Å². The highest BCUT2D eigenvalue weighted by Crippen LogP contribution is 2.19. The summed E-state index contributed by atoms with van der Waals surface area (Å²) in [7, 11) is 3.05. The molecule has 9 nitrogen and oxygen atoms in total. The molecule has 1 aromatic heterocycles. The highest BCUT2D eigenvalue weighted by Gasteiger charge is 2.16. The highest BCUT2D eigenvalue weighted by atomic mass is 32.2. The molecule has 0 bridgehead atoms. The maximum atomic E-state index is 12.4. The van der Waals surface area contributed by atoms with Gasteiger partial charge in [0, 0.05) is 12.6 Å². The van der Waals surface area contributed by atoms with E-state index in [4.69, 9.17) is 4.74 Å². The summed E-state index contributed by atoms with van der Waals surface area (Å²) in [5, 5.41) is 14.3. The van der Waals surface area contributed by atoms with E-state index in [1.165, 1.54) is 18.9 Å². The van der Waals surface area contributed by atoms with Crippen molar-refractivity contribution < 1.29 is 19.1 Å². The van der Waals surface area contributed by atoms with Crippen LogP contribution in [0.5, 0.6) is 0 Å². The van der Waals surface area contributed by atoms with Gasteiger partial charge in [-0.1, -0.05) is 42.1 Å². The number of amides is 2. The Kier molecular flexibility index (Phi) is 7.61. The van der Waals surface area contributed by atoms with Crippen LogP contribution in [0.2, 0.25) is 0 Å². The average Bonchev–Trinajstić information content (AvgIpc) is 3.15. The van der Waals surface area contributed by atoms with E-state index in [2.05, 4.69) is 20.8 Å². The second-order valence-electron chi connectivity index (χ2n) is 6.83. The quantitative estimate of drug-likeness (QED) is 0.398. The third-order valence-electron chi connectivity index (χ3n) is 4.66. The lowest BCUT2D eigenvalue weighted by molar-refractivity contribution is -0.113. The van der Waals surface area contributed by atoms with Crippen LogP contribution in [0.1, 0.15) is 32.1 Å². The topological polar surface area (TPSA) is 115 Å². The Bertz CT molecular complexity index is 1140. The average molecular weight is 454 g/mol. The summed E-state index contributed by atoms with van der Waals surface area (Å²) in [6.07, 6.45) is 0. The van der Waals surface area contributed by atoms with Crippen LogP contribution in [-0.2, 0) is 23.1 Å². The van der Waals surface area contributed by atoms with Crippen molar-refractivity contribution in [3.05, 3.63) is 71.0 Å². The Hall–Kier alpha value is -3.66. The maximum Gasteiger partial charge on any atom is 0.339 e. The van der Waals surface area contributed by atoms with Gasteiger partial charge in [0.05, 0.1) is 30.7 Å². The van der Waals surface area contributed by atoms with E-state index in [0.29, 0.717) is 22.2 Å². The highest BCUT2D eigenvalue weighted by molar-refractivity contribution is 7.99. The lowest BCUT2D eigenvalue weighted by Crippen LogP contribution is -2.25. The summed E-state index contributed by atoms with van der Waals surface area (Å²) in [5.74, 6) is -0.394. The van der Waals surface area contributed by atoms with Crippen LogP contribution in [0.25, 0.3) is 0 Å². The maximum absolute atomic E-state index is 12.4. The van der Waals surface area contributed by atoms with Gasteiger partial charge in [-0.05, 0) is 30.7 Å². The fraction of sp³-hybridized carbons (Fsp3) is 0.227. The lowest BCUT2D eigenvalue weighted by Gasteiger charge is -2.09. The summed E-state index contributed by atoms with van der Waals surface area (Å²) in [4.78, 5) is 36.6. The van der Waals surface area contributed by atoms with Crippen LogP contribution in [0.4, 0.5) is 5.69 Å². The fourth-order valence-electron chi connectivity index (χ4n) is 2.90. The van der Waals surface area contributed by atoms with Crippen LogP contribution in [0.3, 0.4) is 0 Å². The zero-order valence-corrected chi connectivity index (χ0v) is 18.7. The number of para-hydroxylation sites is 1. The Labute approximate surface area is 189 Å². The van der Waals surface area contributed by atoms with Crippen molar-refractivity contribution in [2.75, 3.05) is 18.2 Å².